The van der Waals surface area contributed by atoms with Crippen LogP contribution in [0.2, 0.25) is 0 Å². The highest BCUT2D eigenvalue weighted by Gasteiger charge is 2.39. The Morgan fingerprint density at radius 3 is 2.61 bits per heavy atom. The molecule has 1 aromatic carbocycles. The van der Waals surface area contributed by atoms with Crippen molar-refractivity contribution in [2.24, 2.45) is 5.41 Å². The van der Waals surface area contributed by atoms with Crippen LogP contribution in [-0.4, -0.2) is 18.0 Å². The van der Waals surface area contributed by atoms with Crippen molar-refractivity contribution in [3.63, 3.8) is 0 Å². The van der Waals surface area contributed by atoms with Gasteiger partial charge in [0.2, 0.25) is 0 Å². The Hall–Kier alpha value is -1.60. The lowest BCUT2D eigenvalue weighted by Crippen LogP contribution is -2.41. The number of likely N-dealkylation sites (tertiary alicyclic amines) is 1. The number of fused-ring (bicyclic) bond motifs is 1. The van der Waals surface area contributed by atoms with Crippen LogP contribution in [0.1, 0.15) is 44.1 Å². The molecule has 0 saturated carbocycles. The normalized spacial score (nSPS) is 23.8. The van der Waals surface area contributed by atoms with Crippen molar-refractivity contribution in [3.8, 4) is 0 Å². The third kappa shape index (κ3) is 3.07. The molecule has 1 saturated heterocycles. The van der Waals surface area contributed by atoms with Gasteiger partial charge in [0.25, 0.3) is 0 Å². The van der Waals surface area contributed by atoms with Crippen molar-refractivity contribution >= 4 is 0 Å². The molecule has 3 aliphatic rings. The van der Waals surface area contributed by atoms with E-state index in [1.165, 1.54) is 57.2 Å². The maximum atomic E-state index is 2.65. The number of hydrogen-bond acceptors (Lipinski definition) is 1. The summed E-state index contributed by atoms with van der Waals surface area (Å²) in [6.45, 7) is 3.60. The molecule has 1 aromatic rings. The Kier molecular flexibility index (Phi) is 4.22. The molecule has 2 aliphatic carbocycles. The van der Waals surface area contributed by atoms with Gasteiger partial charge >= 0.3 is 0 Å². The number of allylic oxidation sites excluding steroid dienone is 6. The second-order valence-electron chi connectivity index (χ2n) is 7.40. The Bertz CT molecular complexity index is 627. The second-order valence-corrected chi connectivity index (χ2v) is 7.40. The zero-order chi connectivity index (χ0) is 15.5. The quantitative estimate of drug-likeness (QED) is 0.720. The third-order valence-electron chi connectivity index (χ3n) is 6.02. The summed E-state index contributed by atoms with van der Waals surface area (Å²) >= 11 is 0. The van der Waals surface area contributed by atoms with Crippen molar-refractivity contribution in [1.82, 2.24) is 4.90 Å². The first-order chi connectivity index (χ1) is 11.4. The van der Waals surface area contributed by atoms with E-state index < -0.39 is 0 Å². The minimum atomic E-state index is 0.475. The summed E-state index contributed by atoms with van der Waals surface area (Å²) in [5.41, 5.74) is 5.35. The predicted molar refractivity (Wildman–Crippen MR) is 97.2 cm³/mol. The first-order valence-electron chi connectivity index (χ1n) is 9.18. The number of rotatable bonds is 2. The third-order valence-corrected chi connectivity index (χ3v) is 6.02. The van der Waals surface area contributed by atoms with Crippen LogP contribution in [0.25, 0.3) is 0 Å². The molecule has 0 atom stereocenters. The number of piperidine rings is 1. The van der Waals surface area contributed by atoms with Crippen LogP contribution in [0, 0.1) is 5.41 Å². The average Bonchev–Trinajstić information content (AvgIpc) is 2.85. The highest BCUT2D eigenvalue weighted by molar-refractivity contribution is 5.39. The van der Waals surface area contributed by atoms with E-state index in [0.717, 1.165) is 6.54 Å². The SMILES string of the molecule is C1=CCC2=C(C=C1)C1(CCC2)CCN(Cc2ccccc2)CC1. The minimum Gasteiger partial charge on any atom is -0.299 e. The first kappa shape index (κ1) is 15.0. The topological polar surface area (TPSA) is 3.24 Å². The van der Waals surface area contributed by atoms with Crippen LogP contribution in [0.4, 0.5) is 0 Å². The van der Waals surface area contributed by atoms with Crippen LogP contribution in [0.15, 0.2) is 65.8 Å². The zero-order valence-electron chi connectivity index (χ0n) is 14.0. The van der Waals surface area contributed by atoms with E-state index in [0.29, 0.717) is 5.41 Å². The van der Waals surface area contributed by atoms with Gasteiger partial charge in [-0.15, -0.1) is 0 Å². The minimum absolute atomic E-state index is 0.475. The van der Waals surface area contributed by atoms with Gasteiger partial charge in [-0.05, 0) is 68.2 Å². The van der Waals surface area contributed by atoms with Gasteiger partial charge < -0.3 is 0 Å². The molecule has 120 valence electrons. The fourth-order valence-electron chi connectivity index (χ4n) is 4.73. The lowest BCUT2D eigenvalue weighted by molar-refractivity contribution is 0.113. The predicted octanol–water partition coefficient (Wildman–Crippen LogP) is 5.27. The van der Waals surface area contributed by atoms with Gasteiger partial charge in [-0.3, -0.25) is 4.90 Å². The molecule has 0 N–H and O–H groups in total. The first-order valence-corrected chi connectivity index (χ1v) is 9.18. The maximum absolute atomic E-state index is 2.65. The zero-order valence-corrected chi connectivity index (χ0v) is 14.0. The molecule has 0 aromatic heterocycles. The van der Waals surface area contributed by atoms with E-state index >= 15 is 0 Å². The van der Waals surface area contributed by atoms with E-state index in [1.54, 1.807) is 11.1 Å². The fourth-order valence-corrected chi connectivity index (χ4v) is 4.73. The van der Waals surface area contributed by atoms with Crippen LogP contribution >= 0.6 is 0 Å². The molecular weight excluding hydrogens is 278 g/mol. The molecule has 0 radical (unpaired) electrons. The molecule has 1 heterocycles. The summed E-state index contributed by atoms with van der Waals surface area (Å²) in [5, 5.41) is 0. The molecule has 0 unspecified atom stereocenters. The Balaban J connectivity index is 1.48. The van der Waals surface area contributed by atoms with Crippen molar-refractivity contribution in [3.05, 3.63) is 71.3 Å². The highest BCUT2D eigenvalue weighted by atomic mass is 15.1. The van der Waals surface area contributed by atoms with Gasteiger partial charge in [-0.25, -0.2) is 0 Å². The molecule has 0 amide bonds. The van der Waals surface area contributed by atoms with Gasteiger partial charge in [0, 0.05) is 6.54 Å². The average molecular weight is 305 g/mol. The number of benzene rings is 1. The highest BCUT2D eigenvalue weighted by Crippen LogP contribution is 2.50. The van der Waals surface area contributed by atoms with E-state index in [2.05, 4.69) is 59.5 Å². The standard InChI is InChI=1S/C22H27N/c1-3-8-19(9-4-1)18-23-16-14-22(15-17-23)13-7-11-20-10-5-2-6-12-21(20)22/h1-6,8-9,12H,7,10-11,13-18H2. The number of hydrogen-bond donors (Lipinski definition) is 0. The van der Waals surface area contributed by atoms with Gasteiger partial charge in [0.05, 0.1) is 0 Å². The Labute approximate surface area is 140 Å². The van der Waals surface area contributed by atoms with Crippen molar-refractivity contribution in [1.29, 1.82) is 0 Å². The summed E-state index contributed by atoms with van der Waals surface area (Å²) < 4.78 is 0. The molecule has 1 spiro atoms. The summed E-state index contributed by atoms with van der Waals surface area (Å²) in [5.74, 6) is 0. The largest absolute Gasteiger partial charge is 0.299 e. The van der Waals surface area contributed by atoms with Crippen molar-refractivity contribution in [2.75, 3.05) is 13.1 Å². The molecule has 1 nitrogen and oxygen atoms in total. The van der Waals surface area contributed by atoms with Crippen LogP contribution < -0.4 is 0 Å². The fraction of sp³-hybridized carbons (Fsp3) is 0.455. The van der Waals surface area contributed by atoms with Gasteiger partial charge in [0.15, 0.2) is 0 Å². The lowest BCUT2D eigenvalue weighted by Gasteiger charge is -2.46. The molecule has 1 aliphatic heterocycles. The molecule has 0 bridgehead atoms. The maximum Gasteiger partial charge on any atom is 0.0233 e. The van der Waals surface area contributed by atoms with E-state index in [4.69, 9.17) is 0 Å². The summed E-state index contributed by atoms with van der Waals surface area (Å²) in [6, 6.07) is 10.9. The summed E-state index contributed by atoms with van der Waals surface area (Å²) in [6.07, 6.45) is 17.2. The monoisotopic (exact) mass is 305 g/mol. The van der Waals surface area contributed by atoms with E-state index in [-0.39, 0.29) is 0 Å². The van der Waals surface area contributed by atoms with Crippen molar-refractivity contribution < 1.29 is 0 Å². The Morgan fingerprint density at radius 1 is 0.957 bits per heavy atom. The molecular formula is C22H27N. The molecule has 4 rings (SSSR count). The van der Waals surface area contributed by atoms with Crippen molar-refractivity contribution in [2.45, 2.75) is 45.1 Å². The van der Waals surface area contributed by atoms with Gasteiger partial charge in [-0.1, -0.05) is 60.2 Å². The molecule has 1 fully saturated rings. The summed E-state index contributed by atoms with van der Waals surface area (Å²) in [7, 11) is 0. The number of nitrogens with zero attached hydrogens (tertiary/aromatic N) is 1. The van der Waals surface area contributed by atoms with Gasteiger partial charge in [-0.2, -0.15) is 0 Å². The summed E-state index contributed by atoms with van der Waals surface area (Å²) in [4.78, 5) is 2.65. The smallest absolute Gasteiger partial charge is 0.0233 e. The Morgan fingerprint density at radius 2 is 1.78 bits per heavy atom. The van der Waals surface area contributed by atoms with Crippen LogP contribution in [-0.2, 0) is 6.54 Å². The molecule has 23 heavy (non-hydrogen) atoms. The molecule has 1 heteroatoms. The second kappa shape index (κ2) is 6.49. The van der Waals surface area contributed by atoms with Crippen LogP contribution in [0.5, 0.6) is 0 Å². The van der Waals surface area contributed by atoms with Gasteiger partial charge in [0.1, 0.15) is 0 Å². The van der Waals surface area contributed by atoms with E-state index in [1.807, 2.05) is 0 Å². The van der Waals surface area contributed by atoms with Crippen LogP contribution in [0.3, 0.4) is 0 Å². The lowest BCUT2D eigenvalue weighted by atomic mass is 9.64. The van der Waals surface area contributed by atoms with E-state index in [9.17, 15) is 0 Å².